The van der Waals surface area contributed by atoms with Gasteiger partial charge in [-0.15, -0.1) is 6.58 Å². The minimum absolute atomic E-state index is 0.213. The maximum absolute atomic E-state index is 13.9. The lowest BCUT2D eigenvalue weighted by Gasteiger charge is -2.71. The van der Waals surface area contributed by atoms with E-state index in [9.17, 15) is 29.7 Å². The zero-order valence-corrected chi connectivity index (χ0v) is 23.2. The molecule has 0 amide bonds. The first-order chi connectivity index (χ1) is 16.8. The van der Waals surface area contributed by atoms with Crippen molar-refractivity contribution >= 4 is 17.7 Å². The van der Waals surface area contributed by atoms with E-state index in [4.69, 9.17) is 14.2 Å². The highest BCUT2D eigenvalue weighted by atomic mass is 16.6. The number of likely N-dealkylation sites (N-methyl/N-ethyl adjacent to an activating group) is 1. The van der Waals surface area contributed by atoms with Crippen LogP contribution in [-0.2, 0) is 28.6 Å². The molecule has 0 aromatic carbocycles. The van der Waals surface area contributed by atoms with Crippen LogP contribution in [0.15, 0.2) is 12.7 Å². The fourth-order valence-electron chi connectivity index (χ4n) is 7.12. The monoisotopic (exact) mass is 525 g/mol. The Labute approximate surface area is 218 Å². The number of hydrogen-bond donors (Lipinski definition) is 3. The predicted molar refractivity (Wildman–Crippen MR) is 133 cm³/mol. The summed E-state index contributed by atoms with van der Waals surface area (Å²) in [6.45, 7) is 13.1. The molecular formula is C27H43NO9. The molecule has 210 valence electrons. The number of carbonyl (C=O) groups excluding carboxylic acids is 3. The van der Waals surface area contributed by atoms with Crippen molar-refractivity contribution in [2.45, 2.75) is 102 Å². The summed E-state index contributed by atoms with van der Waals surface area (Å²) in [6.07, 6.45) is -2.02. The van der Waals surface area contributed by atoms with E-state index in [0.717, 1.165) is 0 Å². The molecule has 3 N–H and O–H groups in total. The maximum Gasteiger partial charge on any atom is 0.344 e. The standard InChI is InChI=1S/C27H43NO9/c1-10-24(5)13-17(30)27(34)25(6)16(29)11-12-23(3,4)20(25)19(32)21(26(27,7)37-24)36-18(31)14-35-22(33)15(2)28(8)9/h10,15-16,19-21,29,32,34H,1,11-14H2,2-9H3/t15?,16-,19-,20-,21-,24-,25-,26+,27-/m0/s1. The Hall–Kier alpha value is -1.85. The molecule has 1 unspecified atom stereocenters. The number of rotatable bonds is 6. The Kier molecular flexibility index (Phi) is 7.55. The van der Waals surface area contributed by atoms with Gasteiger partial charge in [-0.05, 0) is 53.1 Å². The Morgan fingerprint density at radius 2 is 1.81 bits per heavy atom. The fourth-order valence-corrected chi connectivity index (χ4v) is 7.12. The molecule has 0 aromatic rings. The van der Waals surface area contributed by atoms with Crippen molar-refractivity contribution < 1.29 is 43.9 Å². The third kappa shape index (κ3) is 4.25. The van der Waals surface area contributed by atoms with Crippen LogP contribution in [0.5, 0.6) is 0 Å². The van der Waals surface area contributed by atoms with E-state index in [1.807, 2.05) is 13.8 Å². The van der Waals surface area contributed by atoms with Gasteiger partial charge in [-0.3, -0.25) is 14.5 Å². The van der Waals surface area contributed by atoms with Crippen molar-refractivity contribution in [2.24, 2.45) is 16.7 Å². The van der Waals surface area contributed by atoms with Gasteiger partial charge in [0.25, 0.3) is 0 Å². The van der Waals surface area contributed by atoms with Crippen LogP contribution in [0, 0.1) is 16.7 Å². The van der Waals surface area contributed by atoms with Gasteiger partial charge in [-0.2, -0.15) is 0 Å². The van der Waals surface area contributed by atoms with Crippen molar-refractivity contribution in [2.75, 3.05) is 20.7 Å². The summed E-state index contributed by atoms with van der Waals surface area (Å²) in [4.78, 5) is 40.6. The van der Waals surface area contributed by atoms with Crippen LogP contribution in [0.2, 0.25) is 0 Å². The van der Waals surface area contributed by atoms with E-state index in [-0.39, 0.29) is 6.42 Å². The lowest BCUT2D eigenvalue weighted by molar-refractivity contribution is -0.370. The van der Waals surface area contributed by atoms with Crippen LogP contribution in [-0.4, -0.2) is 99.8 Å². The van der Waals surface area contributed by atoms with Gasteiger partial charge in [0, 0.05) is 17.8 Å². The minimum Gasteiger partial charge on any atom is -0.454 e. The number of aliphatic hydroxyl groups excluding tert-OH is 2. The second kappa shape index (κ2) is 9.41. The molecule has 3 fully saturated rings. The topological polar surface area (TPSA) is 143 Å². The van der Waals surface area contributed by atoms with Gasteiger partial charge in [0.1, 0.15) is 11.6 Å². The predicted octanol–water partition coefficient (Wildman–Crippen LogP) is 0.993. The summed E-state index contributed by atoms with van der Waals surface area (Å²) in [6, 6.07) is -0.603. The maximum atomic E-state index is 13.9. The van der Waals surface area contributed by atoms with E-state index in [1.165, 1.54) is 13.0 Å². The number of ether oxygens (including phenoxy) is 3. The molecule has 1 heterocycles. The second-order valence-electron chi connectivity index (χ2n) is 12.5. The number of nitrogens with zero attached hydrogens (tertiary/aromatic N) is 1. The largest absolute Gasteiger partial charge is 0.454 e. The van der Waals surface area contributed by atoms with Crippen molar-refractivity contribution in [3.63, 3.8) is 0 Å². The molecule has 9 atom stereocenters. The van der Waals surface area contributed by atoms with E-state index < -0.39 is 82.2 Å². The third-order valence-corrected chi connectivity index (χ3v) is 9.43. The van der Waals surface area contributed by atoms with Crippen molar-refractivity contribution in [3.05, 3.63) is 12.7 Å². The van der Waals surface area contributed by atoms with Gasteiger partial charge < -0.3 is 29.5 Å². The lowest BCUT2D eigenvalue weighted by Crippen LogP contribution is -2.86. The summed E-state index contributed by atoms with van der Waals surface area (Å²) >= 11 is 0. The Morgan fingerprint density at radius 3 is 2.35 bits per heavy atom. The first-order valence-corrected chi connectivity index (χ1v) is 12.8. The number of carbonyl (C=O) groups is 3. The van der Waals surface area contributed by atoms with E-state index >= 15 is 0 Å². The molecule has 10 nitrogen and oxygen atoms in total. The molecule has 0 aromatic heterocycles. The molecule has 3 aliphatic rings. The van der Waals surface area contributed by atoms with E-state index in [0.29, 0.717) is 12.8 Å². The van der Waals surface area contributed by atoms with E-state index in [2.05, 4.69) is 6.58 Å². The molecule has 37 heavy (non-hydrogen) atoms. The van der Waals surface area contributed by atoms with Crippen LogP contribution in [0.25, 0.3) is 0 Å². The Balaban J connectivity index is 2.08. The van der Waals surface area contributed by atoms with Crippen molar-refractivity contribution in [1.29, 1.82) is 0 Å². The summed E-state index contributed by atoms with van der Waals surface area (Å²) in [5.41, 5.74) is -7.65. The molecule has 2 aliphatic carbocycles. The van der Waals surface area contributed by atoms with Gasteiger partial charge in [0.05, 0.1) is 17.8 Å². The SMILES string of the molecule is C=C[C@@]1(C)CC(=O)[C@]2(O)[C@@]3(C)[C@@H](O)CCC(C)(C)[C@@H]3[C@H](O)[C@H](OC(=O)COC(=O)C(C)N(C)C)[C@@]2(C)O1. The third-order valence-electron chi connectivity index (χ3n) is 9.43. The average Bonchev–Trinajstić information content (AvgIpc) is 2.80. The van der Waals surface area contributed by atoms with Gasteiger partial charge in [-0.25, -0.2) is 4.79 Å². The van der Waals surface area contributed by atoms with Gasteiger partial charge >= 0.3 is 11.9 Å². The fraction of sp³-hybridized carbons (Fsp3) is 0.815. The van der Waals surface area contributed by atoms with Crippen LogP contribution in [0.3, 0.4) is 0 Å². The first kappa shape index (κ1) is 29.7. The van der Waals surface area contributed by atoms with Crippen molar-refractivity contribution in [3.8, 4) is 0 Å². The quantitative estimate of drug-likeness (QED) is 0.339. The zero-order valence-electron chi connectivity index (χ0n) is 23.2. The molecule has 3 rings (SSSR count). The minimum atomic E-state index is -2.31. The number of Topliss-reactive ketones (excluding diaryl/α,β-unsaturated/α-hetero) is 1. The second-order valence-corrected chi connectivity index (χ2v) is 12.5. The molecule has 2 saturated carbocycles. The van der Waals surface area contributed by atoms with Gasteiger partial charge in [0.2, 0.25) is 0 Å². The number of esters is 2. The van der Waals surface area contributed by atoms with Crippen LogP contribution < -0.4 is 0 Å². The highest BCUT2D eigenvalue weighted by Crippen LogP contribution is 2.67. The summed E-state index contributed by atoms with van der Waals surface area (Å²) in [7, 11) is 3.38. The summed E-state index contributed by atoms with van der Waals surface area (Å²) in [5.74, 6) is -3.03. The Bertz CT molecular complexity index is 966. The van der Waals surface area contributed by atoms with E-state index in [1.54, 1.807) is 39.8 Å². The highest BCUT2D eigenvalue weighted by Gasteiger charge is 2.81. The highest BCUT2D eigenvalue weighted by molar-refractivity contribution is 5.92. The Morgan fingerprint density at radius 1 is 1.22 bits per heavy atom. The number of ketones is 1. The normalized spacial score (nSPS) is 43.8. The van der Waals surface area contributed by atoms with Crippen molar-refractivity contribution in [1.82, 2.24) is 4.90 Å². The zero-order chi connectivity index (χ0) is 28.4. The molecule has 0 bridgehead atoms. The number of aliphatic hydroxyl groups is 3. The summed E-state index contributed by atoms with van der Waals surface area (Å²) < 4.78 is 17.2. The van der Waals surface area contributed by atoms with Crippen LogP contribution in [0.4, 0.5) is 0 Å². The average molecular weight is 526 g/mol. The molecule has 1 saturated heterocycles. The first-order valence-electron chi connectivity index (χ1n) is 12.8. The molecule has 10 heteroatoms. The molecular weight excluding hydrogens is 482 g/mol. The molecule has 0 spiro atoms. The number of hydrogen-bond acceptors (Lipinski definition) is 10. The number of fused-ring (bicyclic) bond motifs is 3. The van der Waals surface area contributed by atoms with Gasteiger partial charge in [0.15, 0.2) is 24.1 Å². The lowest BCUT2D eigenvalue weighted by atomic mass is 9.40. The van der Waals surface area contributed by atoms with Gasteiger partial charge in [-0.1, -0.05) is 26.8 Å². The van der Waals surface area contributed by atoms with Crippen LogP contribution in [0.1, 0.15) is 60.8 Å². The molecule has 0 radical (unpaired) electrons. The molecule has 1 aliphatic heterocycles. The smallest absolute Gasteiger partial charge is 0.344 e. The van der Waals surface area contributed by atoms with Crippen LogP contribution >= 0.6 is 0 Å². The summed E-state index contributed by atoms with van der Waals surface area (Å²) in [5, 5.41) is 35.5.